The predicted molar refractivity (Wildman–Crippen MR) is 63.4 cm³/mol. The number of hydrogen-bond acceptors (Lipinski definition) is 5. The monoisotopic (exact) mass is 306 g/mol. The van der Waals surface area contributed by atoms with Crippen molar-refractivity contribution in [1.29, 1.82) is 0 Å². The minimum absolute atomic E-state index is 0.227. The van der Waals surface area contributed by atoms with E-state index in [2.05, 4.69) is 15.9 Å². The second kappa shape index (κ2) is 5.64. The minimum Gasteiger partial charge on any atom is -0.462 e. The molecule has 0 amide bonds. The second-order valence-electron chi connectivity index (χ2n) is 4.00. The van der Waals surface area contributed by atoms with Crippen molar-refractivity contribution in [1.82, 2.24) is 0 Å². The second-order valence-corrected chi connectivity index (χ2v) is 5.02. The number of allylic oxidation sites excluding steroid dienone is 1. The zero-order valence-corrected chi connectivity index (χ0v) is 11.3. The Kier molecular flexibility index (Phi) is 4.70. The van der Waals surface area contributed by atoms with Gasteiger partial charge >= 0.3 is 11.9 Å². The highest BCUT2D eigenvalue weighted by Crippen LogP contribution is 2.32. The van der Waals surface area contributed by atoms with E-state index in [0.29, 0.717) is 12.8 Å². The average Bonchev–Trinajstić information content (AvgIpc) is 2.19. The molecule has 0 spiro atoms. The van der Waals surface area contributed by atoms with Crippen LogP contribution in [0.25, 0.3) is 0 Å². The summed E-state index contributed by atoms with van der Waals surface area (Å²) in [5, 5.41) is 10.3. The molecule has 1 aliphatic carbocycles. The van der Waals surface area contributed by atoms with Crippen LogP contribution < -0.4 is 0 Å². The van der Waals surface area contributed by atoms with Crippen LogP contribution in [-0.2, 0) is 19.1 Å². The lowest BCUT2D eigenvalue weighted by Crippen LogP contribution is -2.49. The van der Waals surface area contributed by atoms with Gasteiger partial charge in [0, 0.05) is 13.8 Å². The number of hydrogen-bond donors (Lipinski definition) is 1. The van der Waals surface area contributed by atoms with Gasteiger partial charge < -0.3 is 14.6 Å². The third-order valence-electron chi connectivity index (χ3n) is 2.42. The van der Waals surface area contributed by atoms with Gasteiger partial charge in [0.1, 0.15) is 12.7 Å². The molecule has 17 heavy (non-hydrogen) atoms. The van der Waals surface area contributed by atoms with Crippen LogP contribution in [0.3, 0.4) is 0 Å². The van der Waals surface area contributed by atoms with Gasteiger partial charge in [0.05, 0.1) is 0 Å². The summed E-state index contributed by atoms with van der Waals surface area (Å²) in [4.78, 5) is 21.7. The SMILES string of the molecule is CC(=O)OC[C@]1(O)C=C(Br)CC[C@H]1OC(C)=O. The van der Waals surface area contributed by atoms with Crippen molar-refractivity contribution in [2.75, 3.05) is 6.61 Å². The first-order valence-electron chi connectivity index (χ1n) is 5.23. The summed E-state index contributed by atoms with van der Waals surface area (Å²) in [5.41, 5.74) is -1.46. The third-order valence-corrected chi connectivity index (χ3v) is 3.05. The molecule has 0 aliphatic heterocycles. The molecular weight excluding hydrogens is 292 g/mol. The Balaban J connectivity index is 2.81. The Morgan fingerprint density at radius 2 is 2.18 bits per heavy atom. The first-order valence-corrected chi connectivity index (χ1v) is 6.03. The lowest BCUT2D eigenvalue weighted by atomic mass is 9.88. The van der Waals surface area contributed by atoms with Gasteiger partial charge in [-0.3, -0.25) is 9.59 Å². The van der Waals surface area contributed by atoms with Gasteiger partial charge in [-0.2, -0.15) is 0 Å². The maximum atomic E-state index is 10.9. The van der Waals surface area contributed by atoms with Crippen LogP contribution in [0.2, 0.25) is 0 Å². The average molecular weight is 307 g/mol. The van der Waals surface area contributed by atoms with Crippen molar-refractivity contribution in [2.24, 2.45) is 0 Å². The fraction of sp³-hybridized carbons (Fsp3) is 0.636. The molecule has 0 bridgehead atoms. The molecule has 2 atom stereocenters. The summed E-state index contributed by atoms with van der Waals surface area (Å²) >= 11 is 3.28. The normalized spacial score (nSPS) is 28.2. The highest BCUT2D eigenvalue weighted by molar-refractivity contribution is 9.11. The summed E-state index contributed by atoms with van der Waals surface area (Å²) in [6, 6.07) is 0. The van der Waals surface area contributed by atoms with Crippen LogP contribution in [-0.4, -0.2) is 35.4 Å². The van der Waals surface area contributed by atoms with E-state index in [1.54, 1.807) is 0 Å². The summed E-state index contributed by atoms with van der Waals surface area (Å²) < 4.78 is 10.6. The first-order chi connectivity index (χ1) is 7.83. The molecule has 5 nitrogen and oxygen atoms in total. The van der Waals surface area contributed by atoms with Gasteiger partial charge in [0.2, 0.25) is 0 Å². The van der Waals surface area contributed by atoms with Crippen LogP contribution in [0.5, 0.6) is 0 Å². The van der Waals surface area contributed by atoms with Gasteiger partial charge in [-0.1, -0.05) is 15.9 Å². The van der Waals surface area contributed by atoms with Crippen LogP contribution in [0.4, 0.5) is 0 Å². The van der Waals surface area contributed by atoms with Crippen LogP contribution in [0.15, 0.2) is 10.6 Å². The van der Waals surface area contributed by atoms with E-state index in [-0.39, 0.29) is 6.61 Å². The number of esters is 2. The lowest BCUT2D eigenvalue weighted by Gasteiger charge is -2.35. The smallest absolute Gasteiger partial charge is 0.303 e. The van der Waals surface area contributed by atoms with E-state index in [0.717, 1.165) is 4.48 Å². The zero-order valence-electron chi connectivity index (χ0n) is 9.73. The van der Waals surface area contributed by atoms with E-state index in [9.17, 15) is 14.7 Å². The Morgan fingerprint density at radius 3 is 2.71 bits per heavy atom. The fourth-order valence-electron chi connectivity index (χ4n) is 1.67. The first kappa shape index (κ1) is 14.2. The van der Waals surface area contributed by atoms with E-state index < -0.39 is 23.6 Å². The molecule has 0 heterocycles. The molecule has 0 aromatic rings. The van der Waals surface area contributed by atoms with Crippen molar-refractivity contribution in [3.8, 4) is 0 Å². The third kappa shape index (κ3) is 4.12. The Bertz CT molecular complexity index is 352. The van der Waals surface area contributed by atoms with E-state index >= 15 is 0 Å². The van der Waals surface area contributed by atoms with Crippen molar-refractivity contribution < 1.29 is 24.2 Å². The van der Waals surface area contributed by atoms with Crippen molar-refractivity contribution in [3.05, 3.63) is 10.6 Å². The summed E-state index contributed by atoms with van der Waals surface area (Å²) in [6.07, 6.45) is 1.97. The van der Waals surface area contributed by atoms with Crippen molar-refractivity contribution in [3.63, 3.8) is 0 Å². The molecular formula is C11H15BrO5. The maximum Gasteiger partial charge on any atom is 0.303 e. The number of halogens is 1. The molecule has 6 heteroatoms. The lowest BCUT2D eigenvalue weighted by molar-refractivity contribution is -0.169. The van der Waals surface area contributed by atoms with Gasteiger partial charge in [-0.25, -0.2) is 0 Å². The number of ether oxygens (including phenoxy) is 2. The van der Waals surface area contributed by atoms with Gasteiger partial charge in [0.25, 0.3) is 0 Å². The van der Waals surface area contributed by atoms with Gasteiger partial charge in [-0.05, 0) is 23.4 Å². The highest BCUT2D eigenvalue weighted by Gasteiger charge is 2.41. The topological polar surface area (TPSA) is 72.8 Å². The fourth-order valence-corrected chi connectivity index (χ4v) is 2.29. The number of carbonyl (C=O) groups is 2. The quantitative estimate of drug-likeness (QED) is 0.795. The Morgan fingerprint density at radius 1 is 1.53 bits per heavy atom. The Hall–Kier alpha value is -0.880. The summed E-state index contributed by atoms with van der Waals surface area (Å²) in [7, 11) is 0. The maximum absolute atomic E-state index is 10.9. The highest BCUT2D eigenvalue weighted by atomic mass is 79.9. The molecule has 0 saturated heterocycles. The molecule has 0 fully saturated rings. The minimum atomic E-state index is -1.46. The standard InChI is InChI=1S/C11H15BrO5/c1-7(13)16-6-11(15)5-9(12)3-4-10(11)17-8(2)14/h5,10,15H,3-4,6H2,1-2H3/t10-,11-/m1/s1. The predicted octanol–water partition coefficient (Wildman–Crippen LogP) is 1.28. The Labute approximate surface area is 108 Å². The molecule has 0 unspecified atom stereocenters. The van der Waals surface area contributed by atoms with E-state index in [1.807, 2.05) is 0 Å². The van der Waals surface area contributed by atoms with Crippen LogP contribution in [0, 0.1) is 0 Å². The summed E-state index contributed by atoms with van der Waals surface area (Å²) in [5.74, 6) is -0.960. The number of rotatable bonds is 3. The van der Waals surface area contributed by atoms with Gasteiger partial charge in [-0.15, -0.1) is 0 Å². The molecule has 0 aromatic heterocycles. The van der Waals surface area contributed by atoms with Crippen LogP contribution in [0.1, 0.15) is 26.7 Å². The van der Waals surface area contributed by atoms with Gasteiger partial charge in [0.15, 0.2) is 5.60 Å². The van der Waals surface area contributed by atoms with Crippen LogP contribution >= 0.6 is 15.9 Å². The largest absolute Gasteiger partial charge is 0.462 e. The molecule has 1 rings (SSSR count). The number of aliphatic hydroxyl groups is 1. The molecule has 96 valence electrons. The molecule has 1 N–H and O–H groups in total. The van der Waals surface area contributed by atoms with E-state index in [4.69, 9.17) is 9.47 Å². The molecule has 0 radical (unpaired) electrons. The zero-order chi connectivity index (χ0) is 13.1. The molecule has 1 aliphatic rings. The van der Waals surface area contributed by atoms with Crippen molar-refractivity contribution in [2.45, 2.75) is 38.4 Å². The molecule has 0 aromatic carbocycles. The number of carbonyl (C=O) groups excluding carboxylic acids is 2. The van der Waals surface area contributed by atoms with E-state index in [1.165, 1.54) is 19.9 Å². The molecule has 0 saturated carbocycles. The summed E-state index contributed by atoms with van der Waals surface area (Å²) in [6.45, 7) is 2.31. The van der Waals surface area contributed by atoms with Crippen molar-refractivity contribution >= 4 is 27.9 Å².